The highest BCUT2D eigenvalue weighted by Gasteiger charge is 2.49. The summed E-state index contributed by atoms with van der Waals surface area (Å²) in [5.41, 5.74) is 0.922. The zero-order valence-corrected chi connectivity index (χ0v) is 20.1. The molecule has 2 aliphatic rings. The standard InChI is InChI=1S/C26H38N2O5/c1-4-11-21(25(30)32-5-2)27-18(3)24(29)28-22-15-10-9-14-20(22)16-23(28)26(31)33-17-19-12-7-6-8-13-19/h6-8,12-13,18,20-23,27H,4-5,9-11,14-17H2,1-3H3/t18-,20+,21-,22?,23+/m0/s1. The summed E-state index contributed by atoms with van der Waals surface area (Å²) in [6.45, 7) is 6.03. The minimum absolute atomic E-state index is 0.0528. The average Bonchev–Trinajstić information content (AvgIpc) is 3.22. The Morgan fingerprint density at radius 2 is 1.82 bits per heavy atom. The van der Waals surface area contributed by atoms with Gasteiger partial charge in [0.05, 0.1) is 12.6 Å². The van der Waals surface area contributed by atoms with Gasteiger partial charge in [0.15, 0.2) is 0 Å². The molecule has 0 aromatic heterocycles. The molecule has 1 aliphatic heterocycles. The molecule has 7 heteroatoms. The lowest BCUT2D eigenvalue weighted by Gasteiger charge is -2.35. The molecule has 1 aromatic rings. The molecule has 1 heterocycles. The molecule has 0 spiro atoms. The molecule has 1 N–H and O–H groups in total. The Kier molecular flexibility index (Phi) is 9.30. The van der Waals surface area contributed by atoms with Crippen molar-refractivity contribution < 1.29 is 23.9 Å². The van der Waals surface area contributed by atoms with Gasteiger partial charge in [-0.25, -0.2) is 4.79 Å². The van der Waals surface area contributed by atoms with Crippen molar-refractivity contribution in [2.45, 2.75) is 96.5 Å². The molecule has 2 fully saturated rings. The van der Waals surface area contributed by atoms with Gasteiger partial charge in [0.1, 0.15) is 18.7 Å². The third kappa shape index (κ3) is 6.34. The summed E-state index contributed by atoms with van der Waals surface area (Å²) in [7, 11) is 0. The molecule has 1 unspecified atom stereocenters. The first kappa shape index (κ1) is 25.2. The molecule has 1 amide bonds. The molecule has 1 saturated heterocycles. The molecule has 33 heavy (non-hydrogen) atoms. The van der Waals surface area contributed by atoms with Crippen LogP contribution < -0.4 is 5.32 Å². The van der Waals surface area contributed by atoms with Crippen molar-refractivity contribution in [2.75, 3.05) is 6.61 Å². The average molecular weight is 459 g/mol. The van der Waals surface area contributed by atoms with Crippen LogP contribution in [0.2, 0.25) is 0 Å². The molecule has 5 atom stereocenters. The molecule has 7 nitrogen and oxygen atoms in total. The number of nitrogens with one attached hydrogen (secondary N) is 1. The van der Waals surface area contributed by atoms with Gasteiger partial charge in [-0.3, -0.25) is 14.9 Å². The van der Waals surface area contributed by atoms with Crippen molar-refractivity contribution in [1.82, 2.24) is 10.2 Å². The van der Waals surface area contributed by atoms with Gasteiger partial charge in [-0.2, -0.15) is 0 Å². The van der Waals surface area contributed by atoms with Gasteiger partial charge in [-0.15, -0.1) is 0 Å². The normalized spacial score (nSPS) is 24.0. The largest absolute Gasteiger partial charge is 0.465 e. The van der Waals surface area contributed by atoms with E-state index < -0.39 is 18.1 Å². The number of amides is 1. The van der Waals surface area contributed by atoms with Crippen LogP contribution in [0.5, 0.6) is 0 Å². The first-order valence-corrected chi connectivity index (χ1v) is 12.4. The lowest BCUT2D eigenvalue weighted by Crippen LogP contribution is -2.55. The maximum atomic E-state index is 13.6. The number of carbonyl (C=O) groups excluding carboxylic acids is 3. The van der Waals surface area contributed by atoms with E-state index in [0.717, 1.165) is 37.7 Å². The van der Waals surface area contributed by atoms with Gasteiger partial charge < -0.3 is 14.4 Å². The van der Waals surface area contributed by atoms with E-state index in [1.54, 1.807) is 18.7 Å². The molecule has 1 aromatic carbocycles. The Balaban J connectivity index is 1.72. The Morgan fingerprint density at radius 1 is 1.09 bits per heavy atom. The zero-order chi connectivity index (χ0) is 23.8. The van der Waals surface area contributed by atoms with Gasteiger partial charge in [-0.05, 0) is 51.0 Å². The maximum absolute atomic E-state index is 13.6. The molecular formula is C26H38N2O5. The highest BCUT2D eigenvalue weighted by Crippen LogP contribution is 2.40. The Bertz CT molecular complexity index is 799. The highest BCUT2D eigenvalue weighted by atomic mass is 16.5. The van der Waals surface area contributed by atoms with E-state index in [1.165, 1.54) is 0 Å². The Labute approximate surface area is 197 Å². The van der Waals surface area contributed by atoms with Gasteiger partial charge in [0.2, 0.25) is 5.91 Å². The fourth-order valence-corrected chi connectivity index (χ4v) is 5.21. The van der Waals surface area contributed by atoms with Crippen LogP contribution in [0.15, 0.2) is 30.3 Å². The summed E-state index contributed by atoms with van der Waals surface area (Å²) in [4.78, 5) is 40.8. The van der Waals surface area contributed by atoms with Gasteiger partial charge in [0.25, 0.3) is 0 Å². The van der Waals surface area contributed by atoms with Crippen molar-refractivity contribution in [3.63, 3.8) is 0 Å². The van der Waals surface area contributed by atoms with Crippen LogP contribution in [0, 0.1) is 5.92 Å². The van der Waals surface area contributed by atoms with Crippen molar-refractivity contribution in [1.29, 1.82) is 0 Å². The number of likely N-dealkylation sites (tertiary alicyclic amines) is 1. The van der Waals surface area contributed by atoms with E-state index in [4.69, 9.17) is 9.47 Å². The number of carbonyl (C=O) groups is 3. The van der Waals surface area contributed by atoms with E-state index in [9.17, 15) is 14.4 Å². The number of ether oxygens (including phenoxy) is 2. The predicted molar refractivity (Wildman–Crippen MR) is 125 cm³/mol. The molecule has 182 valence electrons. The number of benzene rings is 1. The van der Waals surface area contributed by atoms with Crippen LogP contribution >= 0.6 is 0 Å². The SMILES string of the molecule is CCC[C@H](N[C@@H](C)C(=O)N1C2CCCC[C@@H]2C[C@@H]1C(=O)OCc1ccccc1)C(=O)OCC. The van der Waals surface area contributed by atoms with Crippen LogP contribution in [0.4, 0.5) is 0 Å². The lowest BCUT2D eigenvalue weighted by atomic mass is 9.84. The van der Waals surface area contributed by atoms with Crippen LogP contribution in [-0.2, 0) is 30.5 Å². The second kappa shape index (κ2) is 12.2. The fourth-order valence-electron chi connectivity index (χ4n) is 5.21. The summed E-state index contributed by atoms with van der Waals surface area (Å²) in [6.07, 6.45) is 6.14. The lowest BCUT2D eigenvalue weighted by molar-refractivity contribution is -0.157. The van der Waals surface area contributed by atoms with Crippen molar-refractivity contribution in [3.8, 4) is 0 Å². The predicted octanol–water partition coefficient (Wildman–Crippen LogP) is 3.60. The molecule has 0 bridgehead atoms. The number of fused-ring (bicyclic) bond motifs is 1. The quantitative estimate of drug-likeness (QED) is 0.539. The second-order valence-corrected chi connectivity index (χ2v) is 9.18. The zero-order valence-electron chi connectivity index (χ0n) is 20.1. The van der Waals surface area contributed by atoms with E-state index in [2.05, 4.69) is 5.32 Å². The van der Waals surface area contributed by atoms with E-state index >= 15 is 0 Å². The first-order valence-electron chi connectivity index (χ1n) is 12.4. The van der Waals surface area contributed by atoms with E-state index in [1.807, 2.05) is 37.3 Å². The third-order valence-corrected chi connectivity index (χ3v) is 6.81. The Morgan fingerprint density at radius 3 is 2.52 bits per heavy atom. The van der Waals surface area contributed by atoms with Gasteiger partial charge in [0, 0.05) is 6.04 Å². The number of nitrogens with zero attached hydrogens (tertiary/aromatic N) is 1. The van der Waals surface area contributed by atoms with Gasteiger partial charge in [-0.1, -0.05) is 56.5 Å². The number of hydrogen-bond donors (Lipinski definition) is 1. The summed E-state index contributed by atoms with van der Waals surface area (Å²) < 4.78 is 10.8. The minimum atomic E-state index is -0.601. The summed E-state index contributed by atoms with van der Waals surface area (Å²) in [5, 5.41) is 3.17. The van der Waals surface area contributed by atoms with Crippen LogP contribution in [-0.4, -0.2) is 53.5 Å². The second-order valence-electron chi connectivity index (χ2n) is 9.18. The number of hydrogen-bond acceptors (Lipinski definition) is 6. The smallest absolute Gasteiger partial charge is 0.329 e. The molecule has 1 aliphatic carbocycles. The van der Waals surface area contributed by atoms with Crippen LogP contribution in [0.1, 0.15) is 71.3 Å². The monoisotopic (exact) mass is 458 g/mol. The highest BCUT2D eigenvalue weighted by molar-refractivity contribution is 5.89. The summed E-state index contributed by atoms with van der Waals surface area (Å²) in [5.74, 6) is -0.503. The number of rotatable bonds is 10. The molecule has 0 radical (unpaired) electrons. The van der Waals surface area contributed by atoms with Crippen molar-refractivity contribution in [2.24, 2.45) is 5.92 Å². The molecule has 3 rings (SSSR count). The van der Waals surface area contributed by atoms with E-state index in [0.29, 0.717) is 25.4 Å². The summed E-state index contributed by atoms with van der Waals surface area (Å²) >= 11 is 0. The van der Waals surface area contributed by atoms with Crippen LogP contribution in [0.3, 0.4) is 0 Å². The topological polar surface area (TPSA) is 84.9 Å². The van der Waals surface area contributed by atoms with Gasteiger partial charge >= 0.3 is 11.9 Å². The molecule has 1 saturated carbocycles. The third-order valence-electron chi connectivity index (χ3n) is 6.81. The van der Waals surface area contributed by atoms with Crippen molar-refractivity contribution in [3.05, 3.63) is 35.9 Å². The maximum Gasteiger partial charge on any atom is 0.329 e. The minimum Gasteiger partial charge on any atom is -0.465 e. The molecular weight excluding hydrogens is 420 g/mol. The van der Waals surface area contributed by atoms with Crippen LogP contribution in [0.25, 0.3) is 0 Å². The van der Waals surface area contributed by atoms with Crippen molar-refractivity contribution >= 4 is 17.8 Å². The van der Waals surface area contributed by atoms with E-state index in [-0.39, 0.29) is 30.5 Å². The Hall–Kier alpha value is -2.41. The number of esters is 2. The first-order chi connectivity index (χ1) is 16.0. The fraction of sp³-hybridized carbons (Fsp3) is 0.654. The summed E-state index contributed by atoms with van der Waals surface area (Å²) in [6, 6.07) is 7.91.